The molecule has 0 saturated carbocycles. The van der Waals surface area contributed by atoms with Crippen LogP contribution in [0.3, 0.4) is 0 Å². The predicted octanol–water partition coefficient (Wildman–Crippen LogP) is 3.85. The van der Waals surface area contributed by atoms with Gasteiger partial charge in [-0.15, -0.1) is 10.2 Å². The fourth-order valence-electron chi connectivity index (χ4n) is 1.99. The molecule has 1 heterocycles. The summed E-state index contributed by atoms with van der Waals surface area (Å²) in [5.74, 6) is 0.176. The van der Waals surface area contributed by atoms with Crippen molar-refractivity contribution in [3.05, 3.63) is 58.6 Å². The molecule has 1 unspecified atom stereocenters. The third-order valence-corrected chi connectivity index (χ3v) is 3.87. The first kappa shape index (κ1) is 16.4. The van der Waals surface area contributed by atoms with Crippen molar-refractivity contribution < 1.29 is 4.79 Å². The highest BCUT2D eigenvalue weighted by Gasteiger charge is 2.19. The molecule has 0 spiro atoms. The van der Waals surface area contributed by atoms with Crippen LogP contribution in [0.2, 0.25) is 10.0 Å². The quantitative estimate of drug-likeness (QED) is 0.765. The number of nitrogens with one attached hydrogen (secondary N) is 1. The molecule has 3 rings (SSSR count). The Kier molecular flexibility index (Phi) is 4.78. The zero-order valence-corrected chi connectivity index (χ0v) is 14.2. The number of aromatic nitrogens is 4. The van der Waals surface area contributed by atoms with Crippen LogP contribution >= 0.6 is 23.2 Å². The summed E-state index contributed by atoms with van der Waals surface area (Å²) in [5.41, 5.74) is 1.42. The Hall–Kier alpha value is -2.44. The second-order valence-corrected chi connectivity index (χ2v) is 5.99. The van der Waals surface area contributed by atoms with Gasteiger partial charge in [-0.3, -0.25) is 4.79 Å². The van der Waals surface area contributed by atoms with Crippen molar-refractivity contribution in [3.63, 3.8) is 0 Å². The SMILES string of the molecule is CC(C(=O)Nc1ccc(Cl)cc1)n1nnc(-c2ccc(Cl)cc2)n1. The van der Waals surface area contributed by atoms with E-state index in [0.717, 1.165) is 5.56 Å². The van der Waals surface area contributed by atoms with Crippen LogP contribution in [0.15, 0.2) is 48.5 Å². The second-order valence-electron chi connectivity index (χ2n) is 5.11. The Labute approximate surface area is 148 Å². The van der Waals surface area contributed by atoms with Crippen molar-refractivity contribution in [3.8, 4) is 11.4 Å². The third-order valence-electron chi connectivity index (χ3n) is 3.37. The van der Waals surface area contributed by atoms with E-state index in [4.69, 9.17) is 23.2 Å². The van der Waals surface area contributed by atoms with E-state index < -0.39 is 6.04 Å². The van der Waals surface area contributed by atoms with Crippen LogP contribution in [0.5, 0.6) is 0 Å². The van der Waals surface area contributed by atoms with Crippen molar-refractivity contribution in [2.24, 2.45) is 0 Å². The normalized spacial score (nSPS) is 12.0. The number of nitrogens with zero attached hydrogens (tertiary/aromatic N) is 4. The number of hydrogen-bond donors (Lipinski definition) is 1. The van der Waals surface area contributed by atoms with E-state index in [-0.39, 0.29) is 5.91 Å². The molecule has 3 aromatic rings. The predicted molar refractivity (Wildman–Crippen MR) is 93.1 cm³/mol. The summed E-state index contributed by atoms with van der Waals surface area (Å²) in [6, 6.07) is 13.3. The summed E-state index contributed by atoms with van der Waals surface area (Å²) in [7, 11) is 0. The molecule has 0 saturated heterocycles. The first-order chi connectivity index (χ1) is 11.5. The zero-order chi connectivity index (χ0) is 17.1. The van der Waals surface area contributed by atoms with Crippen LogP contribution in [0.25, 0.3) is 11.4 Å². The molecule has 6 nitrogen and oxygen atoms in total. The van der Waals surface area contributed by atoms with E-state index in [1.165, 1.54) is 4.80 Å². The van der Waals surface area contributed by atoms with E-state index in [1.807, 2.05) is 0 Å². The van der Waals surface area contributed by atoms with Crippen LogP contribution < -0.4 is 5.32 Å². The van der Waals surface area contributed by atoms with Gasteiger partial charge in [0.15, 0.2) is 0 Å². The van der Waals surface area contributed by atoms with Crippen LogP contribution in [0, 0.1) is 0 Å². The van der Waals surface area contributed by atoms with Gasteiger partial charge in [0.2, 0.25) is 5.82 Å². The van der Waals surface area contributed by atoms with E-state index in [2.05, 4.69) is 20.7 Å². The second kappa shape index (κ2) is 6.98. The summed E-state index contributed by atoms with van der Waals surface area (Å²) >= 11 is 11.7. The minimum absolute atomic E-state index is 0.252. The molecule has 0 aliphatic heterocycles. The van der Waals surface area contributed by atoms with Crippen LogP contribution in [-0.2, 0) is 4.79 Å². The Morgan fingerprint density at radius 3 is 2.25 bits per heavy atom. The molecule has 1 N–H and O–H groups in total. The van der Waals surface area contributed by atoms with Gasteiger partial charge in [0, 0.05) is 21.3 Å². The third kappa shape index (κ3) is 3.72. The smallest absolute Gasteiger partial charge is 0.250 e. The lowest BCUT2D eigenvalue weighted by Gasteiger charge is -2.10. The molecule has 0 radical (unpaired) electrons. The van der Waals surface area contributed by atoms with Gasteiger partial charge in [0.05, 0.1) is 0 Å². The van der Waals surface area contributed by atoms with Crippen molar-refractivity contribution in [2.75, 3.05) is 5.32 Å². The molecule has 0 aliphatic rings. The maximum Gasteiger partial charge on any atom is 0.250 e. The van der Waals surface area contributed by atoms with Crippen LogP contribution in [-0.4, -0.2) is 26.1 Å². The van der Waals surface area contributed by atoms with Crippen molar-refractivity contribution in [1.29, 1.82) is 0 Å². The minimum atomic E-state index is -0.616. The monoisotopic (exact) mass is 361 g/mol. The fourth-order valence-corrected chi connectivity index (χ4v) is 2.24. The maximum absolute atomic E-state index is 12.3. The van der Waals surface area contributed by atoms with Gasteiger partial charge in [-0.2, -0.15) is 4.80 Å². The van der Waals surface area contributed by atoms with E-state index >= 15 is 0 Å². The molecule has 1 amide bonds. The van der Waals surface area contributed by atoms with Gasteiger partial charge >= 0.3 is 0 Å². The van der Waals surface area contributed by atoms with E-state index in [9.17, 15) is 4.79 Å². The van der Waals surface area contributed by atoms with Crippen LogP contribution in [0.4, 0.5) is 5.69 Å². The van der Waals surface area contributed by atoms with E-state index in [1.54, 1.807) is 55.5 Å². The molecule has 0 bridgehead atoms. The summed E-state index contributed by atoms with van der Waals surface area (Å²) < 4.78 is 0. The number of hydrogen-bond acceptors (Lipinski definition) is 4. The number of halogens is 2. The number of carbonyl (C=O) groups excluding carboxylic acids is 1. The molecular weight excluding hydrogens is 349 g/mol. The van der Waals surface area contributed by atoms with Crippen molar-refractivity contribution in [2.45, 2.75) is 13.0 Å². The number of carbonyl (C=O) groups is 1. The molecule has 122 valence electrons. The highest BCUT2D eigenvalue weighted by atomic mass is 35.5. The average Bonchev–Trinajstić information content (AvgIpc) is 3.07. The molecule has 0 fully saturated rings. The van der Waals surface area contributed by atoms with Gasteiger partial charge in [-0.05, 0) is 60.7 Å². The fraction of sp³-hybridized carbons (Fsp3) is 0.125. The molecule has 1 aromatic heterocycles. The Balaban J connectivity index is 1.73. The molecule has 24 heavy (non-hydrogen) atoms. The summed E-state index contributed by atoms with van der Waals surface area (Å²) in [6.07, 6.45) is 0. The lowest BCUT2D eigenvalue weighted by molar-refractivity contribution is -0.119. The summed E-state index contributed by atoms with van der Waals surface area (Å²) in [5, 5.41) is 16.2. The highest BCUT2D eigenvalue weighted by molar-refractivity contribution is 6.30. The topological polar surface area (TPSA) is 72.7 Å². The van der Waals surface area contributed by atoms with Gasteiger partial charge in [-0.1, -0.05) is 23.2 Å². The number of rotatable bonds is 4. The Morgan fingerprint density at radius 2 is 1.62 bits per heavy atom. The highest BCUT2D eigenvalue weighted by Crippen LogP contribution is 2.18. The molecular formula is C16H13Cl2N5O. The average molecular weight is 362 g/mol. The van der Waals surface area contributed by atoms with Gasteiger partial charge < -0.3 is 5.32 Å². The number of anilines is 1. The number of amides is 1. The lowest BCUT2D eigenvalue weighted by atomic mass is 10.2. The molecule has 2 aromatic carbocycles. The summed E-state index contributed by atoms with van der Waals surface area (Å²) in [6.45, 7) is 1.69. The maximum atomic E-state index is 12.3. The van der Waals surface area contributed by atoms with Gasteiger partial charge in [-0.25, -0.2) is 0 Å². The molecule has 8 heteroatoms. The molecule has 1 atom stereocenters. The van der Waals surface area contributed by atoms with Crippen molar-refractivity contribution in [1.82, 2.24) is 20.2 Å². The van der Waals surface area contributed by atoms with E-state index in [0.29, 0.717) is 21.6 Å². The minimum Gasteiger partial charge on any atom is -0.324 e. The van der Waals surface area contributed by atoms with Crippen molar-refractivity contribution >= 4 is 34.8 Å². The first-order valence-electron chi connectivity index (χ1n) is 7.15. The first-order valence-corrected chi connectivity index (χ1v) is 7.90. The lowest BCUT2D eigenvalue weighted by Crippen LogP contribution is -2.25. The largest absolute Gasteiger partial charge is 0.324 e. The summed E-state index contributed by atoms with van der Waals surface area (Å²) in [4.78, 5) is 13.6. The molecule has 0 aliphatic carbocycles. The Morgan fingerprint density at radius 1 is 1.04 bits per heavy atom. The zero-order valence-electron chi connectivity index (χ0n) is 12.6. The number of tetrazole rings is 1. The van der Waals surface area contributed by atoms with Gasteiger partial charge in [0.25, 0.3) is 5.91 Å². The van der Waals surface area contributed by atoms with Gasteiger partial charge in [0.1, 0.15) is 6.04 Å². The Bertz CT molecular complexity index is 846. The van der Waals surface area contributed by atoms with Crippen LogP contribution in [0.1, 0.15) is 13.0 Å². The standard InChI is InChI=1S/C16H13Cl2N5O/c1-10(16(24)19-14-8-6-13(18)7-9-14)23-21-15(20-22-23)11-2-4-12(17)5-3-11/h2-10H,1H3,(H,19,24). The number of benzene rings is 2.